The highest BCUT2D eigenvalue weighted by Crippen LogP contribution is 2.34. The maximum atomic E-state index is 12.2. The van der Waals surface area contributed by atoms with Crippen molar-refractivity contribution in [3.63, 3.8) is 0 Å². The second-order valence-corrected chi connectivity index (χ2v) is 7.88. The van der Waals surface area contributed by atoms with Crippen LogP contribution in [0.25, 0.3) is 0 Å². The third-order valence-electron chi connectivity index (χ3n) is 5.38. The minimum absolute atomic E-state index is 0.0871. The van der Waals surface area contributed by atoms with E-state index in [4.69, 9.17) is 5.11 Å². The van der Waals surface area contributed by atoms with Crippen molar-refractivity contribution in [1.82, 2.24) is 0 Å². The lowest BCUT2D eigenvalue weighted by atomic mass is 9.88. The number of aliphatic hydroxyl groups excluding tert-OH is 2. The van der Waals surface area contributed by atoms with Crippen molar-refractivity contribution in [2.45, 2.75) is 83.8 Å². The molecule has 0 spiro atoms. The Bertz CT molecular complexity index is 511. The van der Waals surface area contributed by atoms with Crippen LogP contribution in [0.3, 0.4) is 0 Å². The van der Waals surface area contributed by atoms with Gasteiger partial charge in [-0.25, -0.2) is 4.79 Å². The molecule has 27 heavy (non-hydrogen) atoms. The van der Waals surface area contributed by atoms with Crippen LogP contribution in [-0.2, 0) is 9.59 Å². The van der Waals surface area contributed by atoms with E-state index in [0.717, 1.165) is 38.2 Å². The quantitative estimate of drug-likeness (QED) is 0.256. The number of ketones is 1. The smallest absolute Gasteiger partial charge is 0.327 e. The number of carbonyl (C=O) groups excluding carboxylic acids is 1. The molecule has 0 aromatic rings. The van der Waals surface area contributed by atoms with E-state index in [9.17, 15) is 19.8 Å². The fraction of sp³-hybridized carbons (Fsp3) is 0.727. The largest absolute Gasteiger partial charge is 0.478 e. The minimum Gasteiger partial charge on any atom is -0.478 e. The summed E-state index contributed by atoms with van der Waals surface area (Å²) >= 11 is 0. The standard InChI is InChI=1S/C22H36O5/c1-3-4-9-16(2)14-17(23)12-13-19-18(20(24)15-21(19)25)10-7-5-6-8-11-22(26)27/h8,11-13,16-19,21,23,25H,3-7,9-10,14-15H2,1-2H3,(H,26,27)/b11-8+,13-12+/t16-,17+,18-,19+,21+/m0/s1. The molecule has 0 unspecified atom stereocenters. The van der Waals surface area contributed by atoms with Crippen molar-refractivity contribution in [2.75, 3.05) is 0 Å². The lowest BCUT2D eigenvalue weighted by Gasteiger charge is -2.18. The average Bonchev–Trinajstić information content (AvgIpc) is 2.87. The van der Waals surface area contributed by atoms with Gasteiger partial charge in [-0.15, -0.1) is 0 Å². The first kappa shape index (κ1) is 23.6. The zero-order valence-corrected chi connectivity index (χ0v) is 16.7. The topological polar surface area (TPSA) is 94.8 Å². The van der Waals surface area contributed by atoms with Crippen LogP contribution in [-0.4, -0.2) is 39.3 Å². The first-order valence-corrected chi connectivity index (χ1v) is 10.3. The van der Waals surface area contributed by atoms with Crippen LogP contribution >= 0.6 is 0 Å². The lowest BCUT2D eigenvalue weighted by molar-refractivity contribution is -0.131. The highest BCUT2D eigenvalue weighted by molar-refractivity contribution is 5.84. The number of aliphatic carboxylic acids is 1. The van der Waals surface area contributed by atoms with Crippen LogP contribution in [0.4, 0.5) is 0 Å². The molecule has 0 aliphatic heterocycles. The fourth-order valence-corrected chi connectivity index (χ4v) is 3.82. The molecule has 1 aliphatic rings. The Morgan fingerprint density at radius 3 is 2.70 bits per heavy atom. The molecule has 1 aliphatic carbocycles. The highest BCUT2D eigenvalue weighted by Gasteiger charge is 2.39. The Kier molecular flexibility index (Phi) is 11.2. The number of carboxylic acid groups (broad SMARTS) is 1. The Labute approximate surface area is 163 Å². The van der Waals surface area contributed by atoms with Gasteiger partial charge in [0, 0.05) is 24.3 Å². The molecule has 1 rings (SSSR count). The van der Waals surface area contributed by atoms with Crippen molar-refractivity contribution in [3.05, 3.63) is 24.3 Å². The van der Waals surface area contributed by atoms with Crippen LogP contribution in [0.15, 0.2) is 24.3 Å². The predicted octanol–water partition coefficient (Wildman–Crippen LogP) is 3.89. The molecule has 0 aromatic heterocycles. The normalized spacial score (nSPS) is 25.5. The molecule has 0 heterocycles. The second-order valence-electron chi connectivity index (χ2n) is 7.88. The fourth-order valence-electron chi connectivity index (χ4n) is 3.82. The van der Waals surface area contributed by atoms with Crippen molar-refractivity contribution >= 4 is 11.8 Å². The van der Waals surface area contributed by atoms with E-state index < -0.39 is 18.2 Å². The molecule has 1 fully saturated rings. The van der Waals surface area contributed by atoms with Gasteiger partial charge in [-0.3, -0.25) is 4.79 Å². The Balaban J connectivity index is 2.47. The van der Waals surface area contributed by atoms with Crippen LogP contribution in [0.1, 0.15) is 71.6 Å². The molecule has 1 saturated carbocycles. The van der Waals surface area contributed by atoms with Crippen LogP contribution in [0.5, 0.6) is 0 Å². The predicted molar refractivity (Wildman–Crippen MR) is 106 cm³/mol. The zero-order valence-electron chi connectivity index (χ0n) is 16.7. The molecule has 5 nitrogen and oxygen atoms in total. The maximum absolute atomic E-state index is 12.2. The molecule has 5 heteroatoms. The van der Waals surface area contributed by atoms with Gasteiger partial charge < -0.3 is 15.3 Å². The summed E-state index contributed by atoms with van der Waals surface area (Å²) in [5.74, 6) is -0.840. The number of hydrogen-bond donors (Lipinski definition) is 3. The van der Waals surface area contributed by atoms with Gasteiger partial charge in [0.05, 0.1) is 12.2 Å². The number of unbranched alkanes of at least 4 members (excludes halogenated alkanes) is 3. The first-order chi connectivity index (χ1) is 12.8. The SMILES string of the molecule is CCCC[C@H](C)C[C@H](O)/C=C/[C@H]1[C@H](O)CC(=O)[C@H]1CCCC/C=C/C(=O)O. The number of Topliss-reactive ketones (excluding diaryl/α,β-unsaturated/α-hetero) is 1. The molecule has 0 bridgehead atoms. The third kappa shape index (κ3) is 9.34. The van der Waals surface area contributed by atoms with Crippen LogP contribution < -0.4 is 0 Å². The van der Waals surface area contributed by atoms with E-state index in [1.165, 1.54) is 0 Å². The Morgan fingerprint density at radius 2 is 2.04 bits per heavy atom. The van der Waals surface area contributed by atoms with Crippen LogP contribution in [0, 0.1) is 17.8 Å². The van der Waals surface area contributed by atoms with Gasteiger partial charge in [-0.05, 0) is 31.6 Å². The highest BCUT2D eigenvalue weighted by atomic mass is 16.4. The van der Waals surface area contributed by atoms with E-state index in [1.807, 2.05) is 6.08 Å². The van der Waals surface area contributed by atoms with E-state index in [-0.39, 0.29) is 24.0 Å². The average molecular weight is 381 g/mol. The molecular weight excluding hydrogens is 344 g/mol. The number of carboxylic acids is 1. The van der Waals surface area contributed by atoms with E-state index in [2.05, 4.69) is 13.8 Å². The Morgan fingerprint density at radius 1 is 1.30 bits per heavy atom. The summed E-state index contributed by atoms with van der Waals surface area (Å²) in [5.41, 5.74) is 0. The molecular formula is C22H36O5. The second kappa shape index (κ2) is 12.8. The number of rotatable bonds is 13. The molecule has 3 N–H and O–H groups in total. The summed E-state index contributed by atoms with van der Waals surface area (Å²) < 4.78 is 0. The molecule has 0 aromatic carbocycles. The molecule has 0 amide bonds. The first-order valence-electron chi connectivity index (χ1n) is 10.3. The number of hydrogen-bond acceptors (Lipinski definition) is 4. The Hall–Kier alpha value is -1.46. The summed E-state index contributed by atoms with van der Waals surface area (Å²) in [7, 11) is 0. The summed E-state index contributed by atoms with van der Waals surface area (Å²) in [6.45, 7) is 4.30. The van der Waals surface area contributed by atoms with Gasteiger partial charge in [0.15, 0.2) is 0 Å². The van der Waals surface area contributed by atoms with Crippen molar-refractivity contribution in [2.24, 2.45) is 17.8 Å². The summed E-state index contributed by atoms with van der Waals surface area (Å²) in [4.78, 5) is 22.6. The molecule has 0 saturated heterocycles. The maximum Gasteiger partial charge on any atom is 0.327 e. The van der Waals surface area contributed by atoms with Gasteiger partial charge in [0.2, 0.25) is 0 Å². The van der Waals surface area contributed by atoms with E-state index >= 15 is 0 Å². The molecule has 0 radical (unpaired) electrons. The number of carbonyl (C=O) groups is 2. The van der Waals surface area contributed by atoms with Crippen molar-refractivity contribution in [3.8, 4) is 0 Å². The minimum atomic E-state index is -0.947. The van der Waals surface area contributed by atoms with Crippen molar-refractivity contribution in [1.29, 1.82) is 0 Å². The summed E-state index contributed by atoms with van der Waals surface area (Å²) in [6.07, 6.45) is 12.4. The van der Waals surface area contributed by atoms with Gasteiger partial charge >= 0.3 is 5.97 Å². The molecule has 5 atom stereocenters. The van der Waals surface area contributed by atoms with Crippen LogP contribution in [0.2, 0.25) is 0 Å². The van der Waals surface area contributed by atoms with Gasteiger partial charge in [0.25, 0.3) is 0 Å². The summed E-state index contributed by atoms with van der Waals surface area (Å²) in [6, 6.07) is 0. The zero-order chi connectivity index (χ0) is 20.2. The molecule has 154 valence electrons. The van der Waals surface area contributed by atoms with Gasteiger partial charge in [-0.2, -0.15) is 0 Å². The third-order valence-corrected chi connectivity index (χ3v) is 5.38. The summed E-state index contributed by atoms with van der Waals surface area (Å²) in [5, 5.41) is 29.0. The number of allylic oxidation sites excluding steroid dienone is 1. The monoisotopic (exact) mass is 380 g/mol. The lowest BCUT2D eigenvalue weighted by Crippen LogP contribution is -2.19. The number of aliphatic hydroxyl groups is 2. The van der Waals surface area contributed by atoms with Gasteiger partial charge in [-0.1, -0.05) is 57.8 Å². The van der Waals surface area contributed by atoms with E-state index in [1.54, 1.807) is 12.2 Å². The van der Waals surface area contributed by atoms with E-state index in [0.29, 0.717) is 25.2 Å². The van der Waals surface area contributed by atoms with Crippen molar-refractivity contribution < 1.29 is 24.9 Å². The van der Waals surface area contributed by atoms with Gasteiger partial charge in [0.1, 0.15) is 5.78 Å².